The van der Waals surface area contributed by atoms with Crippen molar-refractivity contribution in [3.05, 3.63) is 99.7 Å². The van der Waals surface area contributed by atoms with E-state index >= 15 is 0 Å². The monoisotopic (exact) mass is 520 g/mol. The van der Waals surface area contributed by atoms with Crippen molar-refractivity contribution in [1.82, 2.24) is 9.88 Å². The van der Waals surface area contributed by atoms with E-state index in [0.717, 1.165) is 32.3 Å². The summed E-state index contributed by atoms with van der Waals surface area (Å²) in [6.07, 6.45) is 3.81. The van der Waals surface area contributed by atoms with E-state index in [2.05, 4.69) is 20.9 Å². The summed E-state index contributed by atoms with van der Waals surface area (Å²) < 4.78 is 11.5. The van der Waals surface area contributed by atoms with Crippen LogP contribution in [-0.2, 0) is 11.2 Å². The zero-order chi connectivity index (χ0) is 23.8. The number of hydrogen-bond acceptors (Lipinski definition) is 5. The van der Waals surface area contributed by atoms with Crippen molar-refractivity contribution in [3.63, 3.8) is 0 Å². The Morgan fingerprint density at radius 1 is 1.21 bits per heavy atom. The van der Waals surface area contributed by atoms with Crippen LogP contribution in [0.1, 0.15) is 27.7 Å². The second kappa shape index (κ2) is 8.87. The molecule has 5 rings (SSSR count). The number of nitrogens with zero attached hydrogens (tertiary/aromatic N) is 1. The molecule has 0 saturated carbocycles. The van der Waals surface area contributed by atoms with Crippen molar-refractivity contribution < 1.29 is 23.8 Å². The number of aliphatic hydroxyl groups excluding tert-OH is 1. The van der Waals surface area contributed by atoms with Gasteiger partial charge in [0.05, 0.1) is 25.0 Å². The average molecular weight is 521 g/mol. The van der Waals surface area contributed by atoms with Crippen molar-refractivity contribution in [2.45, 2.75) is 12.5 Å². The number of aromatic amines is 1. The molecule has 0 bridgehead atoms. The number of rotatable bonds is 7. The van der Waals surface area contributed by atoms with Crippen LogP contribution in [0.25, 0.3) is 10.9 Å². The quantitative estimate of drug-likeness (QED) is 0.320. The lowest BCUT2D eigenvalue weighted by Crippen LogP contribution is -2.33. The van der Waals surface area contributed by atoms with Crippen LogP contribution in [0, 0.1) is 0 Å². The first-order valence-corrected chi connectivity index (χ1v) is 11.5. The van der Waals surface area contributed by atoms with Crippen LogP contribution >= 0.6 is 15.9 Å². The van der Waals surface area contributed by atoms with Gasteiger partial charge in [-0.25, -0.2) is 0 Å². The van der Waals surface area contributed by atoms with E-state index in [4.69, 9.17) is 9.15 Å². The van der Waals surface area contributed by atoms with Gasteiger partial charge in [0.1, 0.15) is 5.75 Å². The number of ketones is 1. The number of hydrogen-bond donors (Lipinski definition) is 2. The van der Waals surface area contributed by atoms with Gasteiger partial charge < -0.3 is 24.1 Å². The molecule has 0 unspecified atom stereocenters. The number of methoxy groups -OCH3 is 1. The summed E-state index contributed by atoms with van der Waals surface area (Å²) in [6.45, 7) is 0.294. The molecule has 1 aliphatic rings. The van der Waals surface area contributed by atoms with Crippen LogP contribution < -0.4 is 4.74 Å². The molecule has 1 aliphatic heterocycles. The Labute approximate surface area is 203 Å². The first-order valence-electron chi connectivity index (χ1n) is 10.7. The van der Waals surface area contributed by atoms with E-state index in [1.807, 2.05) is 48.7 Å². The molecule has 8 heteroatoms. The predicted molar refractivity (Wildman–Crippen MR) is 130 cm³/mol. The van der Waals surface area contributed by atoms with Gasteiger partial charge in [-0.2, -0.15) is 0 Å². The summed E-state index contributed by atoms with van der Waals surface area (Å²) in [4.78, 5) is 31.2. The summed E-state index contributed by atoms with van der Waals surface area (Å²) in [5.74, 6) is -0.829. The zero-order valence-electron chi connectivity index (χ0n) is 18.2. The summed E-state index contributed by atoms with van der Waals surface area (Å²) in [6, 6.07) is 15.5. The smallest absolute Gasteiger partial charge is 0.290 e. The summed E-state index contributed by atoms with van der Waals surface area (Å²) >= 11 is 3.42. The number of Topliss-reactive ketones (excluding diaryl/α,β-unsaturated/α-hetero) is 1. The number of nitrogens with one attached hydrogen (secondary N) is 1. The molecule has 1 amide bonds. The third kappa shape index (κ3) is 3.80. The highest BCUT2D eigenvalue weighted by molar-refractivity contribution is 9.10. The largest absolute Gasteiger partial charge is 0.503 e. The topological polar surface area (TPSA) is 95.8 Å². The molecule has 172 valence electrons. The molecule has 2 N–H and O–H groups in total. The van der Waals surface area contributed by atoms with Crippen LogP contribution in [0.15, 0.2) is 87.3 Å². The molecule has 0 spiro atoms. The van der Waals surface area contributed by atoms with E-state index in [9.17, 15) is 14.7 Å². The van der Waals surface area contributed by atoms with Crippen molar-refractivity contribution in [2.75, 3.05) is 13.7 Å². The number of fused-ring (bicyclic) bond motifs is 1. The lowest BCUT2D eigenvalue weighted by Gasteiger charge is -2.26. The maximum absolute atomic E-state index is 13.2. The van der Waals surface area contributed by atoms with Gasteiger partial charge in [-0.1, -0.05) is 28.1 Å². The number of ether oxygens (including phenoxy) is 1. The van der Waals surface area contributed by atoms with E-state index in [-0.39, 0.29) is 11.3 Å². The Morgan fingerprint density at radius 2 is 2.00 bits per heavy atom. The molecular formula is C26H21BrN2O5. The van der Waals surface area contributed by atoms with Gasteiger partial charge in [-0.15, -0.1) is 0 Å². The van der Waals surface area contributed by atoms with Gasteiger partial charge in [0, 0.05) is 28.1 Å². The van der Waals surface area contributed by atoms with Crippen molar-refractivity contribution >= 4 is 38.5 Å². The van der Waals surface area contributed by atoms with Crippen LogP contribution in [0.5, 0.6) is 5.75 Å². The van der Waals surface area contributed by atoms with Gasteiger partial charge in [0.2, 0.25) is 5.78 Å². The lowest BCUT2D eigenvalue weighted by molar-refractivity contribution is -0.129. The second-order valence-corrected chi connectivity index (χ2v) is 8.91. The average Bonchev–Trinajstić information content (AvgIpc) is 3.58. The molecule has 0 fully saturated rings. The molecule has 2 aromatic heterocycles. The number of halogens is 1. The number of benzene rings is 2. The zero-order valence-corrected chi connectivity index (χ0v) is 19.8. The van der Waals surface area contributed by atoms with Crippen molar-refractivity contribution in [1.29, 1.82) is 0 Å². The minimum Gasteiger partial charge on any atom is -0.503 e. The van der Waals surface area contributed by atoms with Gasteiger partial charge >= 0.3 is 0 Å². The van der Waals surface area contributed by atoms with E-state index in [1.54, 1.807) is 13.2 Å². The number of aromatic nitrogens is 1. The van der Waals surface area contributed by atoms with Crippen LogP contribution in [-0.4, -0.2) is 40.3 Å². The van der Waals surface area contributed by atoms with E-state index in [1.165, 1.54) is 17.2 Å². The first-order chi connectivity index (χ1) is 16.5. The van der Waals surface area contributed by atoms with Gasteiger partial charge in [-0.3, -0.25) is 9.59 Å². The van der Waals surface area contributed by atoms with Crippen LogP contribution in [0.4, 0.5) is 0 Å². The third-order valence-corrected chi connectivity index (χ3v) is 6.60. The third-order valence-electron chi connectivity index (χ3n) is 6.08. The van der Waals surface area contributed by atoms with Gasteiger partial charge in [-0.05, 0) is 60.0 Å². The fourth-order valence-corrected chi connectivity index (χ4v) is 4.64. The second-order valence-electron chi connectivity index (χ2n) is 8.00. The molecule has 3 heterocycles. The summed E-state index contributed by atoms with van der Waals surface area (Å²) in [5.41, 5.74) is 2.70. The summed E-state index contributed by atoms with van der Waals surface area (Å²) in [5, 5.41) is 11.8. The molecule has 0 aliphatic carbocycles. The highest BCUT2D eigenvalue weighted by Gasteiger charge is 2.44. The Bertz CT molecular complexity index is 1400. The van der Waals surface area contributed by atoms with Gasteiger partial charge in [0.25, 0.3) is 5.91 Å². The molecule has 2 aromatic carbocycles. The van der Waals surface area contributed by atoms with Crippen molar-refractivity contribution in [2.24, 2.45) is 0 Å². The Kier molecular flexibility index (Phi) is 5.75. The molecule has 1 atom stereocenters. The normalized spacial score (nSPS) is 16.0. The lowest BCUT2D eigenvalue weighted by atomic mass is 9.95. The maximum Gasteiger partial charge on any atom is 0.290 e. The highest BCUT2D eigenvalue weighted by Crippen LogP contribution is 2.39. The Balaban J connectivity index is 1.50. The molecular weight excluding hydrogens is 500 g/mol. The first kappa shape index (κ1) is 22.0. The molecule has 34 heavy (non-hydrogen) atoms. The van der Waals surface area contributed by atoms with Gasteiger partial charge in [0.15, 0.2) is 11.5 Å². The fourth-order valence-electron chi connectivity index (χ4n) is 4.38. The van der Waals surface area contributed by atoms with Crippen molar-refractivity contribution in [3.8, 4) is 5.75 Å². The standard InChI is InChI=1S/C26H21BrN2O5/c1-33-18-8-9-20-19(13-18)16(14-28-20)10-11-29-23(15-4-6-17(27)7-5-15)22(25(31)26(29)32)24(30)21-3-2-12-34-21/h2-9,12-14,23,28,31H,10-11H2,1H3/t23-/m0/s1. The number of H-pyrrole nitrogens is 1. The van der Waals surface area contributed by atoms with E-state index in [0.29, 0.717) is 13.0 Å². The minimum atomic E-state index is -0.738. The molecule has 0 radical (unpaired) electrons. The van der Waals surface area contributed by atoms with E-state index < -0.39 is 23.5 Å². The number of carbonyl (C=O) groups is 2. The maximum atomic E-state index is 13.2. The number of aliphatic hydroxyl groups is 1. The number of furan rings is 1. The minimum absolute atomic E-state index is 0.0165. The Hall–Kier alpha value is -3.78. The van der Waals surface area contributed by atoms with Crippen LogP contribution in [0.2, 0.25) is 0 Å². The summed E-state index contributed by atoms with van der Waals surface area (Å²) in [7, 11) is 1.62. The molecule has 4 aromatic rings. The highest BCUT2D eigenvalue weighted by atomic mass is 79.9. The van der Waals surface area contributed by atoms with Crippen LogP contribution in [0.3, 0.4) is 0 Å². The number of carbonyl (C=O) groups excluding carboxylic acids is 2. The fraction of sp³-hybridized carbons (Fsp3) is 0.154. The predicted octanol–water partition coefficient (Wildman–Crippen LogP) is 5.35. The Morgan fingerprint density at radius 3 is 2.71 bits per heavy atom. The number of amides is 1. The molecule has 7 nitrogen and oxygen atoms in total. The SMILES string of the molecule is COc1ccc2[nH]cc(CCN3C(=O)C(O)=C(C(=O)c4ccco4)[C@@H]3c3ccc(Br)cc3)c2c1. The molecule has 0 saturated heterocycles.